The molecule has 0 aliphatic heterocycles. The first-order valence-corrected chi connectivity index (χ1v) is 7.89. The van der Waals surface area contributed by atoms with Gasteiger partial charge in [-0.15, -0.1) is 0 Å². The lowest BCUT2D eigenvalue weighted by Crippen LogP contribution is -2.37. The Kier molecular flexibility index (Phi) is 5.40. The molecule has 2 heteroatoms. The molecular formula is C18H27N2+. The van der Waals surface area contributed by atoms with E-state index in [0.29, 0.717) is 6.04 Å². The van der Waals surface area contributed by atoms with Gasteiger partial charge < -0.3 is 0 Å². The molecule has 1 aromatic heterocycles. The van der Waals surface area contributed by atoms with Crippen molar-refractivity contribution in [1.82, 2.24) is 4.57 Å². The topological polar surface area (TPSA) is 8.81 Å². The second-order valence-corrected chi connectivity index (χ2v) is 5.74. The monoisotopic (exact) mass is 271 g/mol. The van der Waals surface area contributed by atoms with Crippen LogP contribution in [0, 0.1) is 0 Å². The minimum absolute atomic E-state index is 0.488. The predicted octanol–water partition coefficient (Wildman–Crippen LogP) is 4.60. The van der Waals surface area contributed by atoms with E-state index in [2.05, 4.69) is 72.6 Å². The molecule has 0 radical (unpaired) electrons. The third kappa shape index (κ3) is 3.50. The first kappa shape index (κ1) is 14.8. The maximum Gasteiger partial charge on any atom is 0.289 e. The summed E-state index contributed by atoms with van der Waals surface area (Å²) in [6, 6.07) is 11.2. The van der Waals surface area contributed by atoms with E-state index in [4.69, 9.17) is 0 Å². The van der Waals surface area contributed by atoms with E-state index in [1.165, 1.54) is 37.1 Å². The number of benzene rings is 1. The zero-order chi connectivity index (χ0) is 14.4. The van der Waals surface area contributed by atoms with Crippen LogP contribution in [0.2, 0.25) is 0 Å². The molecule has 0 unspecified atom stereocenters. The molecule has 0 fully saturated rings. The average molecular weight is 271 g/mol. The zero-order valence-electron chi connectivity index (χ0n) is 13.0. The fraction of sp³-hybridized carbons (Fsp3) is 0.500. The summed E-state index contributed by atoms with van der Waals surface area (Å²) in [7, 11) is 0. The van der Waals surface area contributed by atoms with Crippen LogP contribution in [0.3, 0.4) is 0 Å². The summed E-state index contributed by atoms with van der Waals surface area (Å²) in [5.74, 6) is 1.33. The van der Waals surface area contributed by atoms with Crippen molar-refractivity contribution >= 4 is 0 Å². The number of hydrogen-bond acceptors (Lipinski definition) is 0. The van der Waals surface area contributed by atoms with Crippen LogP contribution in [0.15, 0.2) is 42.7 Å². The van der Waals surface area contributed by atoms with Gasteiger partial charge in [0, 0.05) is 0 Å². The number of aryl methyl sites for hydroxylation is 1. The number of nitrogens with zero attached hydrogens (tertiary/aromatic N) is 2. The Labute approximate surface area is 123 Å². The Morgan fingerprint density at radius 1 is 1.05 bits per heavy atom. The van der Waals surface area contributed by atoms with Gasteiger partial charge >= 0.3 is 0 Å². The third-order valence-corrected chi connectivity index (χ3v) is 3.76. The Hall–Kier alpha value is -1.57. The summed E-state index contributed by atoms with van der Waals surface area (Å²) in [6.45, 7) is 7.86. The lowest BCUT2D eigenvalue weighted by atomic mass is 10.2. The van der Waals surface area contributed by atoms with Crippen molar-refractivity contribution in [2.45, 2.75) is 59.0 Å². The van der Waals surface area contributed by atoms with Crippen LogP contribution in [-0.2, 0) is 6.54 Å². The lowest BCUT2D eigenvalue weighted by molar-refractivity contribution is -0.705. The fourth-order valence-electron chi connectivity index (χ4n) is 2.65. The van der Waals surface area contributed by atoms with Crippen molar-refractivity contribution in [2.75, 3.05) is 0 Å². The van der Waals surface area contributed by atoms with E-state index in [-0.39, 0.29) is 0 Å². The highest BCUT2D eigenvalue weighted by atomic mass is 15.2. The molecule has 0 saturated carbocycles. The molecule has 1 heterocycles. The van der Waals surface area contributed by atoms with Crippen LogP contribution >= 0.6 is 0 Å². The first-order chi connectivity index (χ1) is 9.74. The summed E-state index contributed by atoms with van der Waals surface area (Å²) in [5.41, 5.74) is 1.31. The van der Waals surface area contributed by atoms with Gasteiger partial charge in [-0.05, 0) is 38.8 Å². The quantitative estimate of drug-likeness (QED) is 0.514. The van der Waals surface area contributed by atoms with Crippen LogP contribution in [-0.4, -0.2) is 4.57 Å². The van der Waals surface area contributed by atoms with E-state index >= 15 is 0 Å². The van der Waals surface area contributed by atoms with Crippen molar-refractivity contribution < 1.29 is 4.57 Å². The van der Waals surface area contributed by atoms with Crippen LogP contribution in [0.1, 0.15) is 52.5 Å². The van der Waals surface area contributed by atoms with Gasteiger partial charge in [-0.2, -0.15) is 0 Å². The standard InChI is InChI=1S/C18H27N2/c1-4-5-6-10-13-19-14-15-20(16(2)3)18(19)17-11-8-7-9-12-17/h7-9,11-12,14-16H,4-6,10,13H2,1-3H3/q+1. The van der Waals surface area contributed by atoms with Gasteiger partial charge in [0.25, 0.3) is 5.82 Å². The second-order valence-electron chi connectivity index (χ2n) is 5.74. The van der Waals surface area contributed by atoms with Crippen LogP contribution in [0.25, 0.3) is 11.4 Å². The lowest BCUT2D eigenvalue weighted by Gasteiger charge is -2.08. The number of rotatable bonds is 7. The minimum Gasteiger partial charge on any atom is -0.230 e. The third-order valence-electron chi connectivity index (χ3n) is 3.76. The molecule has 0 saturated heterocycles. The Balaban J connectivity index is 2.24. The summed E-state index contributed by atoms with van der Waals surface area (Å²) in [4.78, 5) is 0. The minimum atomic E-state index is 0.488. The van der Waals surface area contributed by atoms with Gasteiger partial charge in [-0.1, -0.05) is 38.0 Å². The Morgan fingerprint density at radius 3 is 2.45 bits per heavy atom. The molecule has 108 valence electrons. The van der Waals surface area contributed by atoms with Crippen LogP contribution in [0.5, 0.6) is 0 Å². The Bertz CT molecular complexity index is 511. The highest BCUT2D eigenvalue weighted by molar-refractivity contribution is 5.52. The largest absolute Gasteiger partial charge is 0.289 e. The smallest absolute Gasteiger partial charge is 0.230 e. The molecule has 2 rings (SSSR count). The van der Waals surface area contributed by atoms with E-state index in [0.717, 1.165) is 6.54 Å². The molecule has 2 nitrogen and oxygen atoms in total. The maximum absolute atomic E-state index is 2.41. The number of aromatic nitrogens is 2. The summed E-state index contributed by atoms with van der Waals surface area (Å²) in [6.07, 6.45) is 9.67. The molecule has 1 aromatic carbocycles. The normalized spacial score (nSPS) is 11.2. The van der Waals surface area contributed by atoms with Gasteiger partial charge in [-0.3, -0.25) is 0 Å². The fourth-order valence-corrected chi connectivity index (χ4v) is 2.65. The van der Waals surface area contributed by atoms with Crippen molar-refractivity contribution in [1.29, 1.82) is 0 Å². The van der Waals surface area contributed by atoms with Crippen molar-refractivity contribution in [3.63, 3.8) is 0 Å². The highest BCUT2D eigenvalue weighted by Gasteiger charge is 2.20. The van der Waals surface area contributed by atoms with Gasteiger partial charge in [-0.25, -0.2) is 9.13 Å². The van der Waals surface area contributed by atoms with Crippen molar-refractivity contribution in [3.05, 3.63) is 42.7 Å². The van der Waals surface area contributed by atoms with Gasteiger partial charge in [0.15, 0.2) is 0 Å². The molecule has 0 aliphatic carbocycles. The molecule has 0 spiro atoms. The van der Waals surface area contributed by atoms with Gasteiger partial charge in [0.05, 0.1) is 18.2 Å². The zero-order valence-corrected chi connectivity index (χ0v) is 13.0. The molecule has 20 heavy (non-hydrogen) atoms. The molecule has 0 atom stereocenters. The molecule has 2 aromatic rings. The second kappa shape index (κ2) is 7.28. The first-order valence-electron chi connectivity index (χ1n) is 7.89. The number of imidazole rings is 1. The number of unbranched alkanes of at least 4 members (excludes halogenated alkanes) is 3. The Morgan fingerprint density at radius 2 is 1.80 bits per heavy atom. The summed E-state index contributed by atoms with van der Waals surface area (Å²) in [5, 5.41) is 0. The van der Waals surface area contributed by atoms with Gasteiger partial charge in [0.2, 0.25) is 0 Å². The van der Waals surface area contributed by atoms with E-state index < -0.39 is 0 Å². The highest BCUT2D eigenvalue weighted by Crippen LogP contribution is 2.18. The van der Waals surface area contributed by atoms with Gasteiger partial charge in [0.1, 0.15) is 12.4 Å². The van der Waals surface area contributed by atoms with Crippen LogP contribution < -0.4 is 4.57 Å². The summed E-state index contributed by atoms with van der Waals surface area (Å²) >= 11 is 0. The molecule has 0 bridgehead atoms. The molecule has 0 amide bonds. The van der Waals surface area contributed by atoms with Crippen molar-refractivity contribution in [2.24, 2.45) is 0 Å². The van der Waals surface area contributed by atoms with E-state index in [1.54, 1.807) is 0 Å². The number of hydrogen-bond donors (Lipinski definition) is 0. The van der Waals surface area contributed by atoms with Crippen molar-refractivity contribution in [3.8, 4) is 11.4 Å². The SMILES string of the molecule is CCCCCCn1cc[n+](C(C)C)c1-c1ccccc1. The van der Waals surface area contributed by atoms with E-state index in [1.807, 2.05) is 0 Å². The predicted molar refractivity (Wildman–Crippen MR) is 84.6 cm³/mol. The molecule has 0 aliphatic rings. The molecule has 0 N–H and O–H groups in total. The molecular weight excluding hydrogens is 244 g/mol. The van der Waals surface area contributed by atoms with Crippen LogP contribution in [0.4, 0.5) is 0 Å². The average Bonchev–Trinajstić information content (AvgIpc) is 2.88. The van der Waals surface area contributed by atoms with E-state index in [9.17, 15) is 0 Å². The maximum atomic E-state index is 2.41. The summed E-state index contributed by atoms with van der Waals surface area (Å²) < 4.78 is 4.78.